The summed E-state index contributed by atoms with van der Waals surface area (Å²) in [5, 5.41) is 3.97. The number of alkyl halides is 3. The molecule has 1 N–H and O–H groups in total. The van der Waals surface area contributed by atoms with Crippen molar-refractivity contribution in [2.45, 2.75) is 24.8 Å². The number of nitrogens with zero attached hydrogens (tertiary/aromatic N) is 3. The van der Waals surface area contributed by atoms with Crippen molar-refractivity contribution in [2.75, 3.05) is 0 Å². The largest absolute Gasteiger partial charge is 0.416 e. The van der Waals surface area contributed by atoms with Crippen LogP contribution in [0.2, 0.25) is 0 Å². The van der Waals surface area contributed by atoms with Crippen LogP contribution < -0.4 is 5.32 Å². The molecule has 0 aliphatic carbocycles. The Morgan fingerprint density at radius 1 is 0.912 bits per heavy atom. The Kier molecular flexibility index (Phi) is 5.83. The molecule has 2 aromatic carbocycles. The first-order chi connectivity index (χ1) is 16.4. The van der Waals surface area contributed by atoms with Crippen LogP contribution >= 0.6 is 12.2 Å². The Balaban J connectivity index is 1.60. The van der Waals surface area contributed by atoms with E-state index in [4.69, 9.17) is 12.2 Å². The highest BCUT2D eigenvalue weighted by atomic mass is 32.1. The summed E-state index contributed by atoms with van der Waals surface area (Å²) in [4.78, 5) is 6.61. The molecule has 0 spiro atoms. The van der Waals surface area contributed by atoms with Crippen molar-refractivity contribution in [1.29, 1.82) is 0 Å². The Morgan fingerprint density at radius 3 is 2.44 bits per heavy atom. The Bertz CT molecular complexity index is 1290. The number of hydrogen-bond acceptors (Lipinski definition) is 2. The van der Waals surface area contributed by atoms with Gasteiger partial charge in [-0.3, -0.25) is 4.98 Å². The number of hydrogen-bond donors (Lipinski definition) is 1. The van der Waals surface area contributed by atoms with Gasteiger partial charge in [-0.2, -0.15) is 13.2 Å². The third-order valence-corrected chi connectivity index (χ3v) is 6.28. The second-order valence-electron chi connectivity index (χ2n) is 8.09. The van der Waals surface area contributed by atoms with Crippen LogP contribution in [0, 0.1) is 0 Å². The van der Waals surface area contributed by atoms with Crippen molar-refractivity contribution in [3.8, 4) is 5.69 Å². The smallest absolute Gasteiger partial charge is 0.352 e. The zero-order chi connectivity index (χ0) is 23.7. The van der Waals surface area contributed by atoms with E-state index in [1.54, 1.807) is 23.0 Å². The zero-order valence-corrected chi connectivity index (χ0v) is 18.8. The third-order valence-electron chi connectivity index (χ3n) is 5.93. The standard InChI is InChI=1S/C26H21F3N4S/c27-26(28,29)19-10-6-11-20(16-19)32-15-7-13-22(32)24-23(21-12-4-5-14-30-21)31-25(34)33(24)17-18-8-2-1-3-9-18/h1-16,23-24H,17H2,(H,31,34)/t23-,24-/m0/s1. The van der Waals surface area contributed by atoms with Gasteiger partial charge in [-0.15, -0.1) is 0 Å². The van der Waals surface area contributed by atoms with Crippen molar-refractivity contribution in [3.05, 3.63) is 120 Å². The first kappa shape index (κ1) is 22.2. The maximum Gasteiger partial charge on any atom is 0.416 e. The molecule has 5 rings (SSSR count). The Hall–Kier alpha value is -3.65. The van der Waals surface area contributed by atoms with Gasteiger partial charge in [0.25, 0.3) is 0 Å². The van der Waals surface area contributed by atoms with Gasteiger partial charge < -0.3 is 14.8 Å². The van der Waals surface area contributed by atoms with Gasteiger partial charge in [0.05, 0.1) is 23.3 Å². The van der Waals surface area contributed by atoms with Crippen LogP contribution in [0.3, 0.4) is 0 Å². The molecule has 172 valence electrons. The first-order valence-corrected chi connectivity index (χ1v) is 11.2. The molecular formula is C26H21F3N4S. The monoisotopic (exact) mass is 478 g/mol. The van der Waals surface area contributed by atoms with E-state index in [0.29, 0.717) is 17.3 Å². The van der Waals surface area contributed by atoms with Gasteiger partial charge >= 0.3 is 6.18 Å². The molecule has 4 nitrogen and oxygen atoms in total. The molecule has 1 aliphatic heterocycles. The van der Waals surface area contributed by atoms with E-state index >= 15 is 0 Å². The number of thiocarbonyl (C=S) groups is 1. The summed E-state index contributed by atoms with van der Waals surface area (Å²) in [7, 11) is 0. The molecule has 1 aliphatic rings. The van der Waals surface area contributed by atoms with Crippen molar-refractivity contribution >= 4 is 17.3 Å². The summed E-state index contributed by atoms with van der Waals surface area (Å²) >= 11 is 5.73. The van der Waals surface area contributed by atoms with E-state index < -0.39 is 11.7 Å². The highest BCUT2D eigenvalue weighted by Crippen LogP contribution is 2.40. The molecule has 0 radical (unpaired) electrons. The molecule has 0 amide bonds. The lowest BCUT2D eigenvalue weighted by Gasteiger charge is -2.29. The number of aromatic nitrogens is 2. The van der Waals surface area contributed by atoms with E-state index in [-0.39, 0.29) is 12.1 Å². The van der Waals surface area contributed by atoms with Gasteiger partial charge in [-0.25, -0.2) is 0 Å². The van der Waals surface area contributed by atoms with E-state index in [1.807, 2.05) is 60.7 Å². The summed E-state index contributed by atoms with van der Waals surface area (Å²) in [5.41, 5.74) is 2.45. The maximum absolute atomic E-state index is 13.4. The van der Waals surface area contributed by atoms with Crippen LogP contribution in [0.15, 0.2) is 97.3 Å². The minimum absolute atomic E-state index is 0.267. The SMILES string of the molecule is FC(F)(F)c1cccc(-n2cccc2[C@H]2[C@H](c3ccccn3)NC(=S)N2Cc2ccccc2)c1. The molecule has 2 atom stereocenters. The fraction of sp³-hybridized carbons (Fsp3) is 0.154. The van der Waals surface area contributed by atoms with Crippen LogP contribution in [0.1, 0.15) is 34.6 Å². The average molecular weight is 479 g/mol. The summed E-state index contributed by atoms with van der Waals surface area (Å²) in [6, 6.07) is 24.2. The quantitative estimate of drug-likeness (QED) is 0.353. The average Bonchev–Trinajstić information content (AvgIpc) is 3.45. The summed E-state index contributed by atoms with van der Waals surface area (Å²) in [5.74, 6) is 0. The number of benzene rings is 2. The Labute approximate surface area is 200 Å². The van der Waals surface area contributed by atoms with Crippen molar-refractivity contribution in [1.82, 2.24) is 19.8 Å². The fourth-order valence-corrected chi connectivity index (χ4v) is 4.68. The summed E-state index contributed by atoms with van der Waals surface area (Å²) in [6.07, 6.45) is -0.916. The number of rotatable bonds is 5. The molecule has 1 fully saturated rings. The predicted octanol–water partition coefficient (Wildman–Crippen LogP) is 6.06. The van der Waals surface area contributed by atoms with Crippen molar-refractivity contribution in [2.24, 2.45) is 0 Å². The maximum atomic E-state index is 13.4. The van der Waals surface area contributed by atoms with Gasteiger partial charge in [0.15, 0.2) is 5.11 Å². The van der Waals surface area contributed by atoms with Gasteiger partial charge in [-0.1, -0.05) is 42.5 Å². The van der Waals surface area contributed by atoms with Crippen LogP contribution in [0.5, 0.6) is 0 Å². The predicted molar refractivity (Wildman–Crippen MR) is 128 cm³/mol. The second-order valence-corrected chi connectivity index (χ2v) is 8.48. The van der Waals surface area contributed by atoms with E-state index in [1.165, 1.54) is 12.1 Å². The molecule has 0 saturated carbocycles. The van der Waals surface area contributed by atoms with Gasteiger partial charge in [-0.05, 0) is 60.2 Å². The number of pyridine rings is 1. The van der Waals surface area contributed by atoms with Gasteiger partial charge in [0, 0.05) is 30.3 Å². The minimum Gasteiger partial charge on any atom is -0.352 e. The molecule has 4 aromatic rings. The number of halogens is 3. The van der Waals surface area contributed by atoms with Crippen molar-refractivity contribution < 1.29 is 13.2 Å². The van der Waals surface area contributed by atoms with Crippen LogP contribution in [-0.4, -0.2) is 19.6 Å². The molecule has 1 saturated heterocycles. The van der Waals surface area contributed by atoms with Gasteiger partial charge in [0.2, 0.25) is 0 Å². The van der Waals surface area contributed by atoms with Crippen LogP contribution in [0.25, 0.3) is 5.69 Å². The molecule has 0 unspecified atom stereocenters. The van der Waals surface area contributed by atoms with Crippen LogP contribution in [-0.2, 0) is 12.7 Å². The zero-order valence-electron chi connectivity index (χ0n) is 18.0. The molecule has 34 heavy (non-hydrogen) atoms. The highest BCUT2D eigenvalue weighted by Gasteiger charge is 2.41. The molecular weight excluding hydrogens is 457 g/mol. The summed E-state index contributed by atoms with van der Waals surface area (Å²) < 4.78 is 42.0. The molecule has 8 heteroatoms. The number of nitrogens with one attached hydrogen (secondary N) is 1. The highest BCUT2D eigenvalue weighted by molar-refractivity contribution is 7.80. The molecule has 2 aromatic heterocycles. The Morgan fingerprint density at radius 2 is 1.71 bits per heavy atom. The molecule has 3 heterocycles. The molecule has 0 bridgehead atoms. The van der Waals surface area contributed by atoms with Gasteiger partial charge in [0.1, 0.15) is 0 Å². The lowest BCUT2D eigenvalue weighted by Crippen LogP contribution is -2.30. The van der Waals surface area contributed by atoms with Crippen LogP contribution in [0.4, 0.5) is 13.2 Å². The lowest BCUT2D eigenvalue weighted by atomic mass is 10.0. The third kappa shape index (κ3) is 4.28. The van der Waals surface area contributed by atoms with E-state index in [2.05, 4.69) is 15.2 Å². The lowest BCUT2D eigenvalue weighted by molar-refractivity contribution is -0.137. The summed E-state index contributed by atoms with van der Waals surface area (Å²) in [6.45, 7) is 0.550. The topological polar surface area (TPSA) is 33.1 Å². The fourth-order valence-electron chi connectivity index (χ4n) is 4.38. The van der Waals surface area contributed by atoms with E-state index in [0.717, 1.165) is 23.0 Å². The second kappa shape index (κ2) is 8.95. The minimum atomic E-state index is -4.42. The normalized spacial score (nSPS) is 18.2. The first-order valence-electron chi connectivity index (χ1n) is 10.8. The van der Waals surface area contributed by atoms with Crippen molar-refractivity contribution in [3.63, 3.8) is 0 Å². The van der Waals surface area contributed by atoms with E-state index in [9.17, 15) is 13.2 Å².